The van der Waals surface area contributed by atoms with Gasteiger partial charge in [-0.2, -0.15) is 0 Å². The summed E-state index contributed by atoms with van der Waals surface area (Å²) in [5.74, 6) is 0.680. The van der Waals surface area contributed by atoms with Crippen LogP contribution in [0.3, 0.4) is 0 Å². The number of rotatable bonds is 4. The summed E-state index contributed by atoms with van der Waals surface area (Å²) < 4.78 is 11.0. The molecule has 1 saturated heterocycles. The van der Waals surface area contributed by atoms with E-state index in [1.54, 1.807) is 0 Å². The lowest BCUT2D eigenvalue weighted by molar-refractivity contribution is -0.0975. The van der Waals surface area contributed by atoms with Crippen LogP contribution in [-0.4, -0.2) is 25.9 Å². The van der Waals surface area contributed by atoms with Crippen LogP contribution in [-0.2, 0) is 15.9 Å². The molecule has 3 heteroatoms. The molecule has 18 heavy (non-hydrogen) atoms. The number of benzene rings is 1. The second-order valence-corrected chi connectivity index (χ2v) is 5.35. The average molecular weight is 249 g/mol. The average Bonchev–Trinajstić information content (AvgIpc) is 2.39. The lowest BCUT2D eigenvalue weighted by Gasteiger charge is -2.28. The summed E-state index contributed by atoms with van der Waals surface area (Å²) in [4.78, 5) is 0. The molecule has 1 aliphatic rings. The van der Waals surface area contributed by atoms with Crippen molar-refractivity contribution in [3.05, 3.63) is 35.4 Å². The van der Waals surface area contributed by atoms with E-state index < -0.39 is 0 Å². The van der Waals surface area contributed by atoms with Crippen LogP contribution >= 0.6 is 0 Å². The second kappa shape index (κ2) is 6.32. The molecule has 2 N–H and O–H groups in total. The van der Waals surface area contributed by atoms with Crippen molar-refractivity contribution < 1.29 is 9.47 Å². The minimum absolute atomic E-state index is 0.0188. The monoisotopic (exact) mass is 249 g/mol. The Hall–Kier alpha value is -0.900. The van der Waals surface area contributed by atoms with Crippen LogP contribution in [0, 0.1) is 5.92 Å². The number of ether oxygens (including phenoxy) is 2. The molecule has 3 nitrogen and oxygen atoms in total. The quantitative estimate of drug-likeness (QED) is 0.890. The summed E-state index contributed by atoms with van der Waals surface area (Å²) >= 11 is 0. The van der Waals surface area contributed by atoms with Gasteiger partial charge in [-0.15, -0.1) is 0 Å². The normalized spacial score (nSPS) is 22.1. The first-order valence-electron chi connectivity index (χ1n) is 6.70. The second-order valence-electron chi connectivity index (χ2n) is 5.35. The Balaban J connectivity index is 1.99. The largest absolute Gasteiger partial charge is 0.376 e. The summed E-state index contributed by atoms with van der Waals surface area (Å²) in [5, 5.41) is 0. The summed E-state index contributed by atoms with van der Waals surface area (Å²) in [7, 11) is 0. The molecular weight excluding hydrogens is 226 g/mol. The molecule has 0 aliphatic carbocycles. The fourth-order valence-corrected chi connectivity index (χ4v) is 2.28. The maximum atomic E-state index is 6.22. The molecule has 0 amide bonds. The Morgan fingerprint density at radius 3 is 2.50 bits per heavy atom. The molecular formula is C15H23NO2. The highest BCUT2D eigenvalue weighted by Crippen LogP contribution is 2.20. The molecule has 1 aromatic rings. The Kier molecular flexibility index (Phi) is 4.75. The van der Waals surface area contributed by atoms with Crippen LogP contribution in [0.5, 0.6) is 0 Å². The first-order valence-corrected chi connectivity index (χ1v) is 6.70. The van der Waals surface area contributed by atoms with Crippen molar-refractivity contribution in [2.75, 3.05) is 19.8 Å². The van der Waals surface area contributed by atoms with Gasteiger partial charge in [-0.3, -0.25) is 0 Å². The van der Waals surface area contributed by atoms with Gasteiger partial charge in [0.15, 0.2) is 0 Å². The number of hydrogen-bond acceptors (Lipinski definition) is 3. The smallest absolute Gasteiger partial charge is 0.100 e. The lowest BCUT2D eigenvalue weighted by Crippen LogP contribution is -2.37. The van der Waals surface area contributed by atoms with Crippen LogP contribution in [0.2, 0.25) is 0 Å². The van der Waals surface area contributed by atoms with Gasteiger partial charge in [0.25, 0.3) is 0 Å². The molecule has 0 radical (unpaired) electrons. The molecule has 0 spiro atoms. The molecule has 2 rings (SSSR count). The topological polar surface area (TPSA) is 44.5 Å². The molecule has 2 unspecified atom stereocenters. The van der Waals surface area contributed by atoms with Crippen LogP contribution in [0.4, 0.5) is 0 Å². The van der Waals surface area contributed by atoms with Gasteiger partial charge in [-0.25, -0.2) is 0 Å². The van der Waals surface area contributed by atoms with E-state index >= 15 is 0 Å². The molecule has 0 saturated carbocycles. The van der Waals surface area contributed by atoms with Gasteiger partial charge in [0.05, 0.1) is 25.9 Å². The van der Waals surface area contributed by atoms with Crippen molar-refractivity contribution in [3.63, 3.8) is 0 Å². The first-order chi connectivity index (χ1) is 8.66. The zero-order chi connectivity index (χ0) is 13.0. The third kappa shape index (κ3) is 3.55. The summed E-state index contributed by atoms with van der Waals surface area (Å²) in [6.45, 7) is 6.37. The Morgan fingerprint density at radius 1 is 1.22 bits per heavy atom. The Bertz CT molecular complexity index is 355. The van der Waals surface area contributed by atoms with Gasteiger partial charge in [0, 0.05) is 0 Å². The Morgan fingerprint density at radius 2 is 1.94 bits per heavy atom. The van der Waals surface area contributed by atoms with E-state index in [1.807, 2.05) is 0 Å². The predicted octanol–water partition coefficient (Wildman–Crippen LogP) is 2.30. The van der Waals surface area contributed by atoms with Gasteiger partial charge in [0.2, 0.25) is 0 Å². The SMILES string of the molecule is CC(C)Cc1ccc(C(N)C2COCCO2)cc1. The molecule has 0 aromatic heterocycles. The highest BCUT2D eigenvalue weighted by atomic mass is 16.6. The number of hydrogen-bond donors (Lipinski definition) is 1. The maximum absolute atomic E-state index is 6.22. The van der Waals surface area contributed by atoms with E-state index in [0.717, 1.165) is 12.0 Å². The fourth-order valence-electron chi connectivity index (χ4n) is 2.28. The Labute approximate surface area is 109 Å². The van der Waals surface area contributed by atoms with Crippen LogP contribution < -0.4 is 5.73 Å². The van der Waals surface area contributed by atoms with E-state index in [0.29, 0.717) is 25.7 Å². The van der Waals surface area contributed by atoms with E-state index in [2.05, 4.69) is 38.1 Å². The van der Waals surface area contributed by atoms with Crippen molar-refractivity contribution in [3.8, 4) is 0 Å². The van der Waals surface area contributed by atoms with E-state index in [1.165, 1.54) is 5.56 Å². The summed E-state index contributed by atoms with van der Waals surface area (Å²) in [6, 6.07) is 8.46. The molecule has 2 atom stereocenters. The highest BCUT2D eigenvalue weighted by molar-refractivity contribution is 5.26. The van der Waals surface area contributed by atoms with Gasteiger partial charge < -0.3 is 15.2 Å². The fraction of sp³-hybridized carbons (Fsp3) is 0.600. The standard InChI is InChI=1S/C15H23NO2/c1-11(2)9-12-3-5-13(6-4-12)15(16)14-10-17-7-8-18-14/h3-6,11,14-15H,7-10,16H2,1-2H3. The van der Waals surface area contributed by atoms with Gasteiger partial charge in [0.1, 0.15) is 6.10 Å². The molecule has 1 aliphatic heterocycles. The van der Waals surface area contributed by atoms with Crippen molar-refractivity contribution in [1.82, 2.24) is 0 Å². The zero-order valence-electron chi connectivity index (χ0n) is 11.3. The summed E-state index contributed by atoms with van der Waals surface area (Å²) in [5.41, 5.74) is 8.70. The highest BCUT2D eigenvalue weighted by Gasteiger charge is 2.23. The van der Waals surface area contributed by atoms with Crippen molar-refractivity contribution in [1.29, 1.82) is 0 Å². The van der Waals surface area contributed by atoms with Crippen LogP contribution in [0.25, 0.3) is 0 Å². The van der Waals surface area contributed by atoms with E-state index in [9.17, 15) is 0 Å². The van der Waals surface area contributed by atoms with Crippen molar-refractivity contribution in [2.24, 2.45) is 11.7 Å². The third-order valence-corrected chi connectivity index (χ3v) is 3.25. The third-order valence-electron chi connectivity index (χ3n) is 3.25. The van der Waals surface area contributed by atoms with Crippen molar-refractivity contribution in [2.45, 2.75) is 32.4 Å². The predicted molar refractivity (Wildman–Crippen MR) is 72.5 cm³/mol. The molecule has 1 fully saturated rings. The van der Waals surface area contributed by atoms with Gasteiger partial charge in [-0.05, 0) is 23.5 Å². The molecule has 0 bridgehead atoms. The minimum Gasteiger partial charge on any atom is -0.376 e. The lowest BCUT2D eigenvalue weighted by atomic mass is 9.97. The zero-order valence-corrected chi connectivity index (χ0v) is 11.3. The number of nitrogens with two attached hydrogens (primary N) is 1. The molecule has 1 aromatic carbocycles. The first kappa shape index (κ1) is 13.5. The minimum atomic E-state index is -0.0987. The van der Waals surface area contributed by atoms with Gasteiger partial charge >= 0.3 is 0 Å². The summed E-state index contributed by atoms with van der Waals surface area (Å²) in [6.07, 6.45) is 1.09. The molecule has 1 heterocycles. The van der Waals surface area contributed by atoms with E-state index in [-0.39, 0.29) is 12.1 Å². The molecule has 100 valence electrons. The van der Waals surface area contributed by atoms with Crippen LogP contribution in [0.1, 0.15) is 31.0 Å². The van der Waals surface area contributed by atoms with E-state index in [4.69, 9.17) is 15.2 Å². The maximum Gasteiger partial charge on any atom is 0.100 e. The van der Waals surface area contributed by atoms with Crippen molar-refractivity contribution >= 4 is 0 Å². The van der Waals surface area contributed by atoms with Crippen LogP contribution in [0.15, 0.2) is 24.3 Å². The van der Waals surface area contributed by atoms with Gasteiger partial charge in [-0.1, -0.05) is 38.1 Å².